The molecule has 2 N–H and O–H groups in total. The zero-order valence-electron chi connectivity index (χ0n) is 12.2. The van der Waals surface area contributed by atoms with Crippen molar-refractivity contribution in [2.75, 3.05) is 17.7 Å². The van der Waals surface area contributed by atoms with Crippen LogP contribution in [0.4, 0.5) is 17.5 Å². The lowest BCUT2D eigenvalue weighted by molar-refractivity contribution is -0.384. The number of nitrogens with one attached hydrogen (secondary N) is 2. The highest BCUT2D eigenvalue weighted by Gasteiger charge is 2.21. The minimum absolute atomic E-state index is 0.130. The molecule has 2 rings (SSSR count). The number of aryl methyl sites for hydroxylation is 2. The van der Waals surface area contributed by atoms with E-state index in [2.05, 4.69) is 25.6 Å². The first-order chi connectivity index (χ1) is 9.92. The summed E-state index contributed by atoms with van der Waals surface area (Å²) in [6, 6.07) is -0.130. The molecule has 0 aliphatic heterocycles. The summed E-state index contributed by atoms with van der Waals surface area (Å²) in [5, 5.41) is 17.9. The number of anilines is 2. The molecule has 2 heterocycles. The topological polar surface area (TPSA) is 106 Å². The van der Waals surface area contributed by atoms with Crippen LogP contribution in [0.1, 0.15) is 28.5 Å². The fourth-order valence-corrected chi connectivity index (χ4v) is 2.89. The molecule has 0 aliphatic carbocycles. The predicted octanol–water partition coefficient (Wildman–Crippen LogP) is 2.67. The highest BCUT2D eigenvalue weighted by atomic mass is 32.1. The van der Waals surface area contributed by atoms with E-state index in [0.29, 0.717) is 5.95 Å². The lowest BCUT2D eigenvalue weighted by Crippen LogP contribution is -2.11. The monoisotopic (exact) mass is 308 g/mol. The van der Waals surface area contributed by atoms with Gasteiger partial charge in [0.05, 0.1) is 21.7 Å². The quantitative estimate of drug-likeness (QED) is 0.646. The van der Waals surface area contributed by atoms with Gasteiger partial charge in [-0.1, -0.05) is 0 Å². The third-order valence-corrected chi connectivity index (χ3v) is 4.13. The molecule has 0 radical (unpaired) electrons. The minimum Gasteiger partial charge on any atom is -0.357 e. The van der Waals surface area contributed by atoms with Crippen molar-refractivity contribution in [3.8, 4) is 0 Å². The lowest BCUT2D eigenvalue weighted by Gasteiger charge is -2.14. The summed E-state index contributed by atoms with van der Waals surface area (Å²) in [6.45, 7) is 5.77. The van der Waals surface area contributed by atoms with Gasteiger partial charge >= 0.3 is 5.69 Å². The summed E-state index contributed by atoms with van der Waals surface area (Å²) >= 11 is 1.56. The van der Waals surface area contributed by atoms with Crippen LogP contribution in [0.2, 0.25) is 0 Å². The molecule has 0 amide bonds. The van der Waals surface area contributed by atoms with Crippen molar-refractivity contribution in [3.63, 3.8) is 0 Å². The van der Waals surface area contributed by atoms with E-state index in [-0.39, 0.29) is 17.5 Å². The molecule has 2 aromatic rings. The summed E-state index contributed by atoms with van der Waals surface area (Å²) < 4.78 is 0. The second-order valence-electron chi connectivity index (χ2n) is 4.48. The maximum atomic E-state index is 11.1. The van der Waals surface area contributed by atoms with Crippen LogP contribution in [0.25, 0.3) is 0 Å². The third-order valence-electron chi connectivity index (χ3n) is 2.88. The van der Waals surface area contributed by atoms with Gasteiger partial charge in [-0.15, -0.1) is 11.3 Å². The van der Waals surface area contributed by atoms with Crippen molar-refractivity contribution in [2.45, 2.75) is 26.8 Å². The van der Waals surface area contributed by atoms with E-state index in [0.717, 1.165) is 15.6 Å². The molecule has 0 saturated carbocycles. The molecule has 1 unspecified atom stereocenters. The van der Waals surface area contributed by atoms with Crippen LogP contribution in [0, 0.1) is 24.0 Å². The number of rotatable bonds is 5. The Morgan fingerprint density at radius 3 is 2.62 bits per heavy atom. The van der Waals surface area contributed by atoms with Crippen molar-refractivity contribution in [3.05, 3.63) is 31.9 Å². The Morgan fingerprint density at radius 1 is 1.38 bits per heavy atom. The van der Waals surface area contributed by atoms with Crippen LogP contribution in [-0.4, -0.2) is 26.9 Å². The van der Waals surface area contributed by atoms with Crippen LogP contribution in [0.5, 0.6) is 0 Å². The summed E-state index contributed by atoms with van der Waals surface area (Å²) in [5.41, 5.74) is 0.766. The van der Waals surface area contributed by atoms with E-state index >= 15 is 0 Å². The van der Waals surface area contributed by atoms with Gasteiger partial charge < -0.3 is 10.6 Å². The van der Waals surface area contributed by atoms with E-state index in [9.17, 15) is 10.1 Å². The van der Waals surface area contributed by atoms with Crippen molar-refractivity contribution < 1.29 is 4.92 Å². The van der Waals surface area contributed by atoms with Crippen LogP contribution >= 0.6 is 11.3 Å². The largest absolute Gasteiger partial charge is 0.357 e. The Morgan fingerprint density at radius 2 is 2.10 bits per heavy atom. The number of hydrogen-bond acceptors (Lipinski definition) is 8. The van der Waals surface area contributed by atoms with E-state index in [1.807, 2.05) is 20.8 Å². The summed E-state index contributed by atoms with van der Waals surface area (Å²) in [6.07, 6.45) is 1.19. The maximum Gasteiger partial charge on any atom is 0.329 e. The lowest BCUT2D eigenvalue weighted by atomic mass is 10.2. The smallest absolute Gasteiger partial charge is 0.329 e. The number of thiazole rings is 1. The molecule has 0 fully saturated rings. The van der Waals surface area contributed by atoms with Crippen molar-refractivity contribution in [2.24, 2.45) is 0 Å². The first-order valence-corrected chi connectivity index (χ1v) is 7.13. The van der Waals surface area contributed by atoms with Gasteiger partial charge in [-0.05, 0) is 20.8 Å². The first-order valence-electron chi connectivity index (χ1n) is 6.32. The van der Waals surface area contributed by atoms with E-state index in [4.69, 9.17) is 0 Å². The molecular weight excluding hydrogens is 292 g/mol. The Kier molecular flexibility index (Phi) is 4.32. The van der Waals surface area contributed by atoms with Crippen LogP contribution < -0.4 is 10.6 Å². The van der Waals surface area contributed by atoms with Crippen LogP contribution in [0.3, 0.4) is 0 Å². The molecule has 0 spiro atoms. The molecule has 8 nitrogen and oxygen atoms in total. The molecular formula is C12H16N6O2S. The molecule has 0 bridgehead atoms. The number of aromatic nitrogens is 3. The van der Waals surface area contributed by atoms with Gasteiger partial charge in [-0.25, -0.2) is 9.97 Å². The summed E-state index contributed by atoms with van der Waals surface area (Å²) in [5.74, 6) is 0.518. The Labute approximate surface area is 125 Å². The molecule has 1 atom stereocenters. The number of hydrogen-bond donors (Lipinski definition) is 2. The van der Waals surface area contributed by atoms with Gasteiger partial charge in [-0.3, -0.25) is 10.1 Å². The average Bonchev–Trinajstić information content (AvgIpc) is 2.77. The Balaban J connectivity index is 2.33. The van der Waals surface area contributed by atoms with E-state index < -0.39 is 4.92 Å². The standard InChI is InChI=1S/C12H16N6O2S/c1-6-10(21-8(3)15-6)7(2)16-11-9(18(19)20)5-14-12(13-4)17-11/h5,7H,1-4H3,(H2,13,14,16,17). The first kappa shape index (κ1) is 15.1. The Hall–Kier alpha value is -2.29. The molecule has 0 saturated heterocycles. The summed E-state index contributed by atoms with van der Waals surface area (Å²) in [7, 11) is 1.66. The average molecular weight is 308 g/mol. The fraction of sp³-hybridized carbons (Fsp3) is 0.417. The van der Waals surface area contributed by atoms with Crippen molar-refractivity contribution >= 4 is 28.8 Å². The second kappa shape index (κ2) is 6.00. The number of nitrogens with zero attached hydrogens (tertiary/aromatic N) is 4. The molecule has 112 valence electrons. The number of nitro groups is 1. The molecule has 0 aliphatic rings. The summed E-state index contributed by atoms with van der Waals surface area (Å²) in [4.78, 5) is 24.0. The molecule has 0 aromatic carbocycles. The van der Waals surface area contributed by atoms with E-state index in [1.165, 1.54) is 6.20 Å². The van der Waals surface area contributed by atoms with Crippen molar-refractivity contribution in [1.29, 1.82) is 0 Å². The van der Waals surface area contributed by atoms with E-state index in [1.54, 1.807) is 18.4 Å². The second-order valence-corrected chi connectivity index (χ2v) is 5.72. The van der Waals surface area contributed by atoms with Gasteiger partial charge in [0, 0.05) is 11.9 Å². The van der Waals surface area contributed by atoms with Crippen molar-refractivity contribution in [1.82, 2.24) is 15.0 Å². The zero-order valence-corrected chi connectivity index (χ0v) is 13.0. The molecule has 9 heteroatoms. The Bertz CT molecular complexity index is 672. The molecule has 21 heavy (non-hydrogen) atoms. The zero-order chi connectivity index (χ0) is 15.6. The fourth-order valence-electron chi connectivity index (χ4n) is 1.96. The van der Waals surface area contributed by atoms with Gasteiger partial charge in [0.1, 0.15) is 6.20 Å². The highest BCUT2D eigenvalue weighted by molar-refractivity contribution is 7.11. The van der Waals surface area contributed by atoms with Gasteiger partial charge in [0.25, 0.3) is 0 Å². The van der Waals surface area contributed by atoms with Crippen LogP contribution in [0.15, 0.2) is 6.20 Å². The third kappa shape index (κ3) is 3.24. The minimum atomic E-state index is -0.501. The molecule has 2 aromatic heterocycles. The van der Waals surface area contributed by atoms with Gasteiger partial charge in [-0.2, -0.15) is 4.98 Å². The maximum absolute atomic E-state index is 11.1. The predicted molar refractivity (Wildman–Crippen MR) is 81.9 cm³/mol. The van der Waals surface area contributed by atoms with Crippen LogP contribution in [-0.2, 0) is 0 Å². The van der Waals surface area contributed by atoms with Gasteiger partial charge in [0.2, 0.25) is 11.8 Å². The SMILES string of the molecule is CNc1ncc([N+](=O)[O-])c(NC(C)c2sc(C)nc2C)n1. The highest BCUT2D eigenvalue weighted by Crippen LogP contribution is 2.30. The normalized spacial score (nSPS) is 12.0. The van der Waals surface area contributed by atoms with Gasteiger partial charge in [0.15, 0.2) is 0 Å².